The van der Waals surface area contributed by atoms with Gasteiger partial charge in [-0.05, 0) is 24.3 Å². The fraction of sp³-hybridized carbons (Fsp3) is 0. The van der Waals surface area contributed by atoms with Gasteiger partial charge in [-0.3, -0.25) is 0 Å². The van der Waals surface area contributed by atoms with E-state index >= 15 is 0 Å². The second kappa shape index (κ2) is 3.97. The zero-order valence-corrected chi connectivity index (χ0v) is 7.94. The van der Waals surface area contributed by atoms with Crippen molar-refractivity contribution in [2.24, 2.45) is 0 Å². The Balaban J connectivity index is 2.23. The Kier molecular flexibility index (Phi) is 2.50. The summed E-state index contributed by atoms with van der Waals surface area (Å²) in [5.74, 6) is -1.48. The minimum atomic E-state index is -1.20. The first-order chi connectivity index (χ1) is 7.66. The number of halogens is 1. The number of nitrogens with one attached hydrogen (secondary N) is 2. The highest BCUT2D eigenvalue weighted by atomic mass is 19.1. The number of hydrogen-bond acceptors (Lipinski definition) is 4. The molecule has 0 bridgehead atoms. The fourth-order valence-corrected chi connectivity index (χ4v) is 1.14. The van der Waals surface area contributed by atoms with Gasteiger partial charge in [-0.1, -0.05) is 0 Å². The Morgan fingerprint density at radius 2 is 2.00 bits per heavy atom. The molecule has 0 spiro atoms. The molecule has 0 aliphatic heterocycles. The third-order valence-electron chi connectivity index (χ3n) is 1.86. The largest absolute Gasteiger partial charge is 0.476 e. The van der Waals surface area contributed by atoms with E-state index in [0.29, 0.717) is 5.69 Å². The van der Waals surface area contributed by atoms with Crippen LogP contribution in [0.3, 0.4) is 0 Å². The first-order valence-corrected chi connectivity index (χ1v) is 4.33. The molecule has 0 atom stereocenters. The monoisotopic (exact) mass is 222 g/mol. The smallest absolute Gasteiger partial charge is 0.360 e. The molecule has 2 rings (SSSR count). The summed E-state index contributed by atoms with van der Waals surface area (Å²) >= 11 is 0. The van der Waals surface area contributed by atoms with Gasteiger partial charge in [-0.2, -0.15) is 5.21 Å². The average Bonchev–Trinajstić information content (AvgIpc) is 2.69. The number of carbonyl (C=O) groups is 1. The van der Waals surface area contributed by atoms with Crippen molar-refractivity contribution in [3.8, 4) is 0 Å². The summed E-state index contributed by atoms with van der Waals surface area (Å²) in [6.45, 7) is 0. The maximum atomic E-state index is 12.6. The van der Waals surface area contributed by atoms with Crippen molar-refractivity contribution in [2.75, 3.05) is 5.32 Å². The van der Waals surface area contributed by atoms with E-state index in [4.69, 9.17) is 5.11 Å². The molecule has 1 heterocycles. The lowest BCUT2D eigenvalue weighted by Crippen LogP contribution is -2.02. The van der Waals surface area contributed by atoms with Crippen molar-refractivity contribution < 1.29 is 14.3 Å². The summed E-state index contributed by atoms with van der Waals surface area (Å²) in [7, 11) is 0. The van der Waals surface area contributed by atoms with Crippen molar-refractivity contribution in [1.82, 2.24) is 15.4 Å². The average molecular weight is 222 g/mol. The van der Waals surface area contributed by atoms with Crippen LogP contribution in [0, 0.1) is 5.82 Å². The van der Waals surface area contributed by atoms with Crippen LogP contribution in [0.4, 0.5) is 15.9 Å². The molecule has 7 heteroatoms. The van der Waals surface area contributed by atoms with Crippen LogP contribution in [0.1, 0.15) is 10.5 Å². The maximum absolute atomic E-state index is 12.6. The summed E-state index contributed by atoms with van der Waals surface area (Å²) in [4.78, 5) is 10.7. The Morgan fingerprint density at radius 1 is 1.31 bits per heavy atom. The third-order valence-corrected chi connectivity index (χ3v) is 1.86. The second-order valence-electron chi connectivity index (χ2n) is 2.96. The number of carboxylic acid groups (broad SMARTS) is 1. The third kappa shape index (κ3) is 1.97. The summed E-state index contributed by atoms with van der Waals surface area (Å²) in [5, 5.41) is 20.7. The Hall–Kier alpha value is -2.44. The molecule has 6 nitrogen and oxygen atoms in total. The van der Waals surface area contributed by atoms with Crippen molar-refractivity contribution in [3.63, 3.8) is 0 Å². The minimum absolute atomic E-state index is 0.0825. The number of aromatic nitrogens is 3. The van der Waals surface area contributed by atoms with Crippen LogP contribution >= 0.6 is 0 Å². The quantitative estimate of drug-likeness (QED) is 0.729. The number of rotatable bonds is 3. The number of aromatic carboxylic acids is 1. The molecule has 0 amide bonds. The van der Waals surface area contributed by atoms with E-state index in [-0.39, 0.29) is 17.3 Å². The molecular formula is C9H7FN4O2. The fourth-order valence-electron chi connectivity index (χ4n) is 1.14. The maximum Gasteiger partial charge on any atom is 0.360 e. The van der Waals surface area contributed by atoms with E-state index in [9.17, 15) is 9.18 Å². The van der Waals surface area contributed by atoms with Crippen molar-refractivity contribution in [1.29, 1.82) is 0 Å². The first kappa shape index (κ1) is 10.1. The van der Waals surface area contributed by atoms with Gasteiger partial charge in [-0.15, -0.1) is 10.2 Å². The van der Waals surface area contributed by atoms with Gasteiger partial charge in [-0.25, -0.2) is 9.18 Å². The van der Waals surface area contributed by atoms with Crippen LogP contribution in [0.15, 0.2) is 24.3 Å². The zero-order chi connectivity index (χ0) is 11.5. The van der Waals surface area contributed by atoms with E-state index in [1.54, 1.807) is 0 Å². The van der Waals surface area contributed by atoms with Gasteiger partial charge in [0.2, 0.25) is 5.69 Å². The lowest BCUT2D eigenvalue weighted by molar-refractivity contribution is 0.0691. The molecular weight excluding hydrogens is 215 g/mol. The molecule has 0 radical (unpaired) electrons. The van der Waals surface area contributed by atoms with E-state index in [0.717, 1.165) is 0 Å². The van der Waals surface area contributed by atoms with Crippen LogP contribution in [-0.4, -0.2) is 26.5 Å². The minimum Gasteiger partial charge on any atom is -0.476 e. The second-order valence-corrected chi connectivity index (χ2v) is 2.96. The topological polar surface area (TPSA) is 90.9 Å². The molecule has 0 unspecified atom stereocenters. The molecule has 0 saturated carbocycles. The summed E-state index contributed by atoms with van der Waals surface area (Å²) in [6, 6.07) is 5.44. The highest BCUT2D eigenvalue weighted by molar-refractivity contribution is 5.91. The number of hydrogen-bond donors (Lipinski definition) is 3. The number of carboxylic acids is 1. The highest BCUT2D eigenvalue weighted by Crippen LogP contribution is 2.16. The molecule has 0 fully saturated rings. The number of nitrogens with zero attached hydrogens (tertiary/aromatic N) is 2. The van der Waals surface area contributed by atoms with Gasteiger partial charge in [0.1, 0.15) is 5.82 Å². The summed E-state index contributed by atoms with van der Waals surface area (Å²) in [6.07, 6.45) is 0. The molecule has 1 aromatic carbocycles. The molecule has 0 aliphatic rings. The lowest BCUT2D eigenvalue weighted by atomic mass is 10.3. The van der Waals surface area contributed by atoms with Crippen LogP contribution < -0.4 is 5.32 Å². The Morgan fingerprint density at radius 3 is 2.62 bits per heavy atom. The predicted octanol–water partition coefficient (Wildman–Crippen LogP) is 1.39. The Labute approximate surface area is 89.1 Å². The molecule has 0 saturated heterocycles. The van der Waals surface area contributed by atoms with E-state index in [1.807, 2.05) is 0 Å². The van der Waals surface area contributed by atoms with E-state index in [2.05, 4.69) is 20.7 Å². The van der Waals surface area contributed by atoms with Crippen molar-refractivity contribution in [2.45, 2.75) is 0 Å². The first-order valence-electron chi connectivity index (χ1n) is 4.33. The van der Waals surface area contributed by atoms with Gasteiger partial charge in [0.05, 0.1) is 0 Å². The van der Waals surface area contributed by atoms with Gasteiger partial charge < -0.3 is 10.4 Å². The van der Waals surface area contributed by atoms with Crippen LogP contribution in [-0.2, 0) is 0 Å². The number of aromatic amines is 1. The standard InChI is InChI=1S/C9H7FN4O2/c10-5-1-3-6(4-2-5)11-8-7(9(15)16)12-14-13-8/h1-4H,(H,15,16)(H2,11,12,13,14). The summed E-state index contributed by atoms with van der Waals surface area (Å²) < 4.78 is 12.6. The Bertz CT molecular complexity index is 508. The summed E-state index contributed by atoms with van der Waals surface area (Å²) in [5.41, 5.74) is 0.308. The van der Waals surface area contributed by atoms with E-state index < -0.39 is 5.97 Å². The number of anilines is 2. The van der Waals surface area contributed by atoms with Crippen LogP contribution in [0.25, 0.3) is 0 Å². The molecule has 3 N–H and O–H groups in total. The SMILES string of the molecule is O=C(O)c1n[nH]nc1Nc1ccc(F)cc1. The van der Waals surface area contributed by atoms with Crippen LogP contribution in [0.2, 0.25) is 0 Å². The van der Waals surface area contributed by atoms with Gasteiger partial charge >= 0.3 is 5.97 Å². The number of H-pyrrole nitrogens is 1. The zero-order valence-electron chi connectivity index (χ0n) is 7.94. The molecule has 1 aromatic heterocycles. The normalized spacial score (nSPS) is 10.1. The highest BCUT2D eigenvalue weighted by Gasteiger charge is 2.14. The van der Waals surface area contributed by atoms with Crippen molar-refractivity contribution in [3.05, 3.63) is 35.8 Å². The predicted molar refractivity (Wildman–Crippen MR) is 53.0 cm³/mol. The van der Waals surface area contributed by atoms with Crippen LogP contribution in [0.5, 0.6) is 0 Å². The molecule has 16 heavy (non-hydrogen) atoms. The lowest BCUT2D eigenvalue weighted by Gasteiger charge is -2.02. The molecule has 2 aromatic rings. The van der Waals surface area contributed by atoms with Gasteiger partial charge in [0, 0.05) is 5.69 Å². The van der Waals surface area contributed by atoms with Gasteiger partial charge in [0.15, 0.2) is 5.82 Å². The molecule has 0 aliphatic carbocycles. The van der Waals surface area contributed by atoms with Crippen molar-refractivity contribution >= 4 is 17.5 Å². The number of benzene rings is 1. The van der Waals surface area contributed by atoms with E-state index in [1.165, 1.54) is 24.3 Å². The molecule has 82 valence electrons. The van der Waals surface area contributed by atoms with Gasteiger partial charge in [0.25, 0.3) is 0 Å².